The predicted octanol–water partition coefficient (Wildman–Crippen LogP) is 3.98. The highest BCUT2D eigenvalue weighted by Crippen LogP contribution is 2.10. The quantitative estimate of drug-likeness (QED) is 0.554. The van der Waals surface area contributed by atoms with Gasteiger partial charge in [0.2, 0.25) is 0 Å². The first kappa shape index (κ1) is 14.0. The van der Waals surface area contributed by atoms with Crippen LogP contribution >= 0.6 is 0 Å². The lowest BCUT2D eigenvalue weighted by atomic mass is 10.0. The van der Waals surface area contributed by atoms with Crippen molar-refractivity contribution in [1.82, 2.24) is 5.32 Å². The van der Waals surface area contributed by atoms with Crippen LogP contribution in [0.2, 0.25) is 0 Å². The van der Waals surface area contributed by atoms with Crippen LogP contribution in [0.25, 0.3) is 0 Å². The van der Waals surface area contributed by atoms with Crippen LogP contribution in [0.5, 0.6) is 0 Å². The summed E-state index contributed by atoms with van der Waals surface area (Å²) in [4.78, 5) is 0. The van der Waals surface area contributed by atoms with E-state index in [9.17, 15) is 0 Å². The van der Waals surface area contributed by atoms with Gasteiger partial charge in [0.1, 0.15) is 0 Å². The van der Waals surface area contributed by atoms with Crippen molar-refractivity contribution < 1.29 is 0 Å². The second-order valence-corrected chi connectivity index (χ2v) is 5.06. The second-order valence-electron chi connectivity index (χ2n) is 5.06. The van der Waals surface area contributed by atoms with Crippen molar-refractivity contribution in [2.45, 2.75) is 72.3 Å². The number of nitrogens with one attached hydrogen (secondary N) is 1. The average Bonchev–Trinajstić information content (AvgIpc) is 2.08. The molecule has 0 fully saturated rings. The number of hydrogen-bond donors (Lipinski definition) is 1. The summed E-state index contributed by atoms with van der Waals surface area (Å²) in [7, 11) is 0. The Morgan fingerprint density at radius 3 is 1.93 bits per heavy atom. The summed E-state index contributed by atoms with van der Waals surface area (Å²) < 4.78 is 0. The zero-order chi connectivity index (χ0) is 10.8. The highest BCUT2D eigenvalue weighted by atomic mass is 14.9. The molecule has 0 aromatic heterocycles. The first-order valence-corrected chi connectivity index (χ1v) is 6.36. The van der Waals surface area contributed by atoms with Crippen molar-refractivity contribution in [3.8, 4) is 0 Å². The summed E-state index contributed by atoms with van der Waals surface area (Å²) >= 11 is 0. The number of hydrogen-bond acceptors (Lipinski definition) is 1. The highest BCUT2D eigenvalue weighted by molar-refractivity contribution is 4.53. The van der Waals surface area contributed by atoms with E-state index >= 15 is 0 Å². The van der Waals surface area contributed by atoms with Crippen molar-refractivity contribution in [3.05, 3.63) is 0 Å². The van der Waals surface area contributed by atoms with E-state index in [0.29, 0.717) is 6.04 Å². The molecule has 1 nitrogen and oxygen atoms in total. The molecule has 0 saturated carbocycles. The van der Waals surface area contributed by atoms with Crippen LogP contribution in [0.15, 0.2) is 0 Å². The number of unbranched alkanes of at least 4 members (excludes halogenated alkanes) is 4. The molecule has 0 aromatic rings. The summed E-state index contributed by atoms with van der Waals surface area (Å²) in [5, 5.41) is 3.45. The zero-order valence-electron chi connectivity index (χ0n) is 10.6. The third kappa shape index (κ3) is 12.0. The zero-order valence-corrected chi connectivity index (χ0v) is 10.6. The monoisotopic (exact) mass is 199 g/mol. The fourth-order valence-corrected chi connectivity index (χ4v) is 1.60. The minimum absolute atomic E-state index is 0.649. The van der Waals surface area contributed by atoms with Gasteiger partial charge in [0.05, 0.1) is 0 Å². The van der Waals surface area contributed by atoms with E-state index in [2.05, 4.69) is 33.0 Å². The van der Waals surface area contributed by atoms with E-state index in [1.807, 2.05) is 0 Å². The maximum absolute atomic E-state index is 3.45. The molecule has 0 unspecified atom stereocenters. The molecule has 0 saturated heterocycles. The Hall–Kier alpha value is -0.0400. The minimum Gasteiger partial charge on any atom is -0.315 e. The molecular weight excluding hydrogens is 170 g/mol. The van der Waals surface area contributed by atoms with Gasteiger partial charge in [-0.05, 0) is 18.9 Å². The SMILES string of the molecule is CC(C)CCCCCCCNC(C)C. The topological polar surface area (TPSA) is 12.0 Å². The lowest BCUT2D eigenvalue weighted by Crippen LogP contribution is -2.23. The van der Waals surface area contributed by atoms with Gasteiger partial charge in [-0.3, -0.25) is 0 Å². The molecule has 0 aliphatic carbocycles. The second kappa shape index (κ2) is 9.51. The highest BCUT2D eigenvalue weighted by Gasteiger charge is 1.95. The Morgan fingerprint density at radius 1 is 0.786 bits per heavy atom. The van der Waals surface area contributed by atoms with Gasteiger partial charge >= 0.3 is 0 Å². The largest absolute Gasteiger partial charge is 0.315 e. The first-order chi connectivity index (χ1) is 6.63. The van der Waals surface area contributed by atoms with Crippen LogP contribution in [0.1, 0.15) is 66.2 Å². The van der Waals surface area contributed by atoms with E-state index in [1.54, 1.807) is 0 Å². The maximum atomic E-state index is 3.45. The molecule has 0 aliphatic rings. The molecule has 0 heterocycles. The molecule has 0 atom stereocenters. The molecule has 0 aromatic carbocycles. The van der Waals surface area contributed by atoms with E-state index in [0.717, 1.165) is 5.92 Å². The van der Waals surface area contributed by atoms with Crippen molar-refractivity contribution in [1.29, 1.82) is 0 Å². The Labute approximate surface area is 90.7 Å². The van der Waals surface area contributed by atoms with Gasteiger partial charge in [0, 0.05) is 6.04 Å². The first-order valence-electron chi connectivity index (χ1n) is 6.36. The summed E-state index contributed by atoms with van der Waals surface area (Å²) in [5.41, 5.74) is 0. The normalized spacial score (nSPS) is 11.6. The van der Waals surface area contributed by atoms with Crippen LogP contribution in [0, 0.1) is 5.92 Å². The van der Waals surface area contributed by atoms with Crippen molar-refractivity contribution >= 4 is 0 Å². The summed E-state index contributed by atoms with van der Waals surface area (Å²) in [6, 6.07) is 0.649. The minimum atomic E-state index is 0.649. The predicted molar refractivity (Wildman–Crippen MR) is 65.7 cm³/mol. The molecular formula is C13H29N. The van der Waals surface area contributed by atoms with Gasteiger partial charge < -0.3 is 5.32 Å². The third-order valence-electron chi connectivity index (χ3n) is 2.51. The standard InChI is InChI=1S/C13H29N/c1-12(2)10-8-6-5-7-9-11-14-13(3)4/h12-14H,5-11H2,1-4H3. The van der Waals surface area contributed by atoms with Crippen LogP contribution < -0.4 is 5.32 Å². The molecule has 0 spiro atoms. The van der Waals surface area contributed by atoms with Crippen molar-refractivity contribution in [3.63, 3.8) is 0 Å². The van der Waals surface area contributed by atoms with E-state index < -0.39 is 0 Å². The van der Waals surface area contributed by atoms with Gasteiger partial charge in [0.25, 0.3) is 0 Å². The van der Waals surface area contributed by atoms with Gasteiger partial charge in [-0.2, -0.15) is 0 Å². The van der Waals surface area contributed by atoms with Crippen LogP contribution in [0.3, 0.4) is 0 Å². The molecule has 1 heteroatoms. The molecule has 0 aliphatic heterocycles. The smallest absolute Gasteiger partial charge is 0.00103 e. The third-order valence-corrected chi connectivity index (χ3v) is 2.51. The molecule has 0 rings (SSSR count). The summed E-state index contributed by atoms with van der Waals surface area (Å²) in [6.45, 7) is 10.2. The summed E-state index contributed by atoms with van der Waals surface area (Å²) in [5.74, 6) is 0.887. The Bertz CT molecular complexity index is 93.8. The van der Waals surface area contributed by atoms with E-state index in [-0.39, 0.29) is 0 Å². The fourth-order valence-electron chi connectivity index (χ4n) is 1.60. The summed E-state index contributed by atoms with van der Waals surface area (Å²) in [6.07, 6.45) is 8.43. The Kier molecular flexibility index (Phi) is 9.49. The van der Waals surface area contributed by atoms with E-state index in [4.69, 9.17) is 0 Å². The average molecular weight is 199 g/mol. The van der Waals surface area contributed by atoms with Crippen molar-refractivity contribution in [2.24, 2.45) is 5.92 Å². The molecule has 14 heavy (non-hydrogen) atoms. The Balaban J connectivity index is 2.92. The van der Waals surface area contributed by atoms with Gasteiger partial charge in [0.15, 0.2) is 0 Å². The van der Waals surface area contributed by atoms with Gasteiger partial charge in [-0.15, -0.1) is 0 Å². The van der Waals surface area contributed by atoms with Crippen LogP contribution in [-0.2, 0) is 0 Å². The van der Waals surface area contributed by atoms with Crippen LogP contribution in [0.4, 0.5) is 0 Å². The fraction of sp³-hybridized carbons (Fsp3) is 1.00. The van der Waals surface area contributed by atoms with Crippen LogP contribution in [-0.4, -0.2) is 12.6 Å². The maximum Gasteiger partial charge on any atom is 0.00103 e. The van der Waals surface area contributed by atoms with Gasteiger partial charge in [-0.1, -0.05) is 59.8 Å². The van der Waals surface area contributed by atoms with E-state index in [1.165, 1.54) is 45.1 Å². The lowest BCUT2D eigenvalue weighted by Gasteiger charge is -2.07. The molecule has 1 N–H and O–H groups in total. The molecule has 0 bridgehead atoms. The lowest BCUT2D eigenvalue weighted by molar-refractivity contribution is 0.501. The molecule has 86 valence electrons. The molecule has 0 radical (unpaired) electrons. The van der Waals surface area contributed by atoms with Gasteiger partial charge in [-0.25, -0.2) is 0 Å². The Morgan fingerprint density at radius 2 is 1.36 bits per heavy atom. The van der Waals surface area contributed by atoms with Crippen molar-refractivity contribution in [2.75, 3.05) is 6.54 Å². The number of rotatable bonds is 9. The molecule has 0 amide bonds.